The Morgan fingerprint density at radius 2 is 1.79 bits per heavy atom. The van der Waals surface area contributed by atoms with Crippen molar-refractivity contribution < 1.29 is 9.53 Å². The molecule has 0 heterocycles. The standard InChI is InChI=1S/C17H28O2/c1-11-6-7-13-15(3,4)14-10-17(11,13)9-8-16(14,5)19-12(2)18/h11,13-14H,6-10H2,1-5H3/t11-,13+,14-,16-,17+/m0/s1. The van der Waals surface area contributed by atoms with Crippen molar-refractivity contribution in [2.75, 3.05) is 0 Å². The SMILES string of the molecule is CC(=O)O[C@@]1(C)CC[C@]23C[C@H]1C(C)(C)[C@H]2CC[C@@H]3C. The molecule has 2 nitrogen and oxygen atoms in total. The van der Waals surface area contributed by atoms with Gasteiger partial charge in [-0.05, 0) is 61.7 Å². The van der Waals surface area contributed by atoms with Crippen LogP contribution < -0.4 is 0 Å². The smallest absolute Gasteiger partial charge is 0.303 e. The Morgan fingerprint density at radius 1 is 1.11 bits per heavy atom. The molecule has 2 bridgehead atoms. The quantitative estimate of drug-likeness (QED) is 0.664. The number of ether oxygens (including phenoxy) is 1. The molecule has 2 heteroatoms. The molecule has 0 radical (unpaired) electrons. The third-order valence-corrected chi connectivity index (χ3v) is 7.15. The van der Waals surface area contributed by atoms with Crippen molar-refractivity contribution in [3.05, 3.63) is 0 Å². The molecule has 5 atom stereocenters. The Hall–Kier alpha value is -0.530. The molecule has 0 aliphatic heterocycles. The molecule has 0 aromatic carbocycles. The molecule has 3 aliphatic carbocycles. The number of rotatable bonds is 1. The van der Waals surface area contributed by atoms with E-state index in [1.54, 1.807) is 6.92 Å². The number of hydrogen-bond donors (Lipinski definition) is 0. The highest BCUT2D eigenvalue weighted by atomic mass is 16.6. The van der Waals surface area contributed by atoms with Crippen LogP contribution in [0.4, 0.5) is 0 Å². The van der Waals surface area contributed by atoms with E-state index < -0.39 is 0 Å². The maximum Gasteiger partial charge on any atom is 0.303 e. The Bertz CT molecular complexity index is 413. The molecule has 0 unspecified atom stereocenters. The second-order valence-electron chi connectivity index (χ2n) is 8.25. The molecular formula is C17H28O2. The van der Waals surface area contributed by atoms with E-state index in [2.05, 4.69) is 27.7 Å². The molecule has 3 fully saturated rings. The fourth-order valence-corrected chi connectivity index (χ4v) is 6.31. The zero-order valence-electron chi connectivity index (χ0n) is 13.1. The lowest BCUT2D eigenvalue weighted by Gasteiger charge is -2.46. The minimum atomic E-state index is -0.232. The first-order valence-corrected chi connectivity index (χ1v) is 7.92. The van der Waals surface area contributed by atoms with Crippen LogP contribution in [0.3, 0.4) is 0 Å². The summed E-state index contributed by atoms with van der Waals surface area (Å²) in [5.41, 5.74) is 0.629. The predicted molar refractivity (Wildman–Crippen MR) is 75.6 cm³/mol. The van der Waals surface area contributed by atoms with Gasteiger partial charge in [0, 0.05) is 12.8 Å². The fraction of sp³-hybridized carbons (Fsp3) is 0.941. The molecular weight excluding hydrogens is 236 g/mol. The summed E-state index contributed by atoms with van der Waals surface area (Å²) in [5, 5.41) is 0. The maximum absolute atomic E-state index is 11.5. The van der Waals surface area contributed by atoms with E-state index >= 15 is 0 Å². The van der Waals surface area contributed by atoms with Crippen molar-refractivity contribution in [2.45, 2.75) is 72.3 Å². The van der Waals surface area contributed by atoms with Crippen LogP contribution in [0, 0.1) is 28.6 Å². The van der Waals surface area contributed by atoms with Gasteiger partial charge < -0.3 is 4.74 Å². The number of esters is 1. The van der Waals surface area contributed by atoms with Crippen molar-refractivity contribution in [2.24, 2.45) is 28.6 Å². The van der Waals surface area contributed by atoms with Gasteiger partial charge in [-0.1, -0.05) is 20.8 Å². The monoisotopic (exact) mass is 264 g/mol. The van der Waals surface area contributed by atoms with Gasteiger partial charge in [0.15, 0.2) is 0 Å². The highest BCUT2D eigenvalue weighted by Crippen LogP contribution is 2.73. The normalized spacial score (nSPS) is 50.9. The Balaban J connectivity index is 1.99. The van der Waals surface area contributed by atoms with E-state index in [0.29, 0.717) is 16.7 Å². The highest BCUT2D eigenvalue weighted by Gasteiger charge is 2.68. The van der Waals surface area contributed by atoms with Crippen LogP contribution >= 0.6 is 0 Å². The van der Waals surface area contributed by atoms with Crippen molar-refractivity contribution in [3.63, 3.8) is 0 Å². The van der Waals surface area contributed by atoms with Crippen LogP contribution in [0.15, 0.2) is 0 Å². The highest BCUT2D eigenvalue weighted by molar-refractivity contribution is 5.66. The van der Waals surface area contributed by atoms with E-state index in [1.165, 1.54) is 25.7 Å². The fourth-order valence-electron chi connectivity index (χ4n) is 6.31. The average Bonchev–Trinajstić information content (AvgIpc) is 2.69. The number of hydrogen-bond acceptors (Lipinski definition) is 2. The average molecular weight is 264 g/mol. The van der Waals surface area contributed by atoms with E-state index in [4.69, 9.17) is 4.74 Å². The Kier molecular flexibility index (Phi) is 2.67. The summed E-state index contributed by atoms with van der Waals surface area (Å²) < 4.78 is 5.80. The van der Waals surface area contributed by atoms with E-state index in [0.717, 1.165) is 18.3 Å². The lowest BCUT2D eigenvalue weighted by Crippen LogP contribution is -2.47. The summed E-state index contributed by atoms with van der Waals surface area (Å²) in [6.45, 7) is 11.0. The number of carbonyl (C=O) groups is 1. The minimum absolute atomic E-state index is 0.112. The molecule has 0 aromatic heterocycles. The van der Waals surface area contributed by atoms with Gasteiger partial charge >= 0.3 is 5.97 Å². The lowest BCUT2D eigenvalue weighted by atomic mass is 9.64. The van der Waals surface area contributed by atoms with E-state index in [9.17, 15) is 4.79 Å². The third-order valence-electron chi connectivity index (χ3n) is 7.15. The largest absolute Gasteiger partial charge is 0.459 e. The molecule has 3 saturated carbocycles. The van der Waals surface area contributed by atoms with Crippen molar-refractivity contribution in [1.82, 2.24) is 0 Å². The molecule has 0 N–H and O–H groups in total. The second-order valence-corrected chi connectivity index (χ2v) is 8.25. The summed E-state index contributed by atoms with van der Waals surface area (Å²) in [5.74, 6) is 2.10. The van der Waals surface area contributed by atoms with Crippen LogP contribution in [0.5, 0.6) is 0 Å². The van der Waals surface area contributed by atoms with Crippen LogP contribution in [0.1, 0.15) is 66.7 Å². The maximum atomic E-state index is 11.5. The molecule has 19 heavy (non-hydrogen) atoms. The number of carbonyl (C=O) groups excluding carboxylic acids is 1. The Labute approximate surface area is 117 Å². The van der Waals surface area contributed by atoms with Crippen molar-refractivity contribution in [3.8, 4) is 0 Å². The molecule has 0 saturated heterocycles. The van der Waals surface area contributed by atoms with Crippen molar-refractivity contribution in [1.29, 1.82) is 0 Å². The van der Waals surface area contributed by atoms with Gasteiger partial charge in [-0.2, -0.15) is 0 Å². The zero-order valence-corrected chi connectivity index (χ0v) is 13.1. The lowest BCUT2D eigenvalue weighted by molar-refractivity contribution is -0.171. The topological polar surface area (TPSA) is 26.3 Å². The predicted octanol–water partition coefficient (Wildman–Crippen LogP) is 4.18. The first-order valence-electron chi connectivity index (χ1n) is 7.92. The van der Waals surface area contributed by atoms with Gasteiger partial charge in [0.25, 0.3) is 0 Å². The van der Waals surface area contributed by atoms with Gasteiger partial charge in [0.1, 0.15) is 5.60 Å². The minimum Gasteiger partial charge on any atom is -0.459 e. The summed E-state index contributed by atoms with van der Waals surface area (Å²) in [4.78, 5) is 11.5. The number of fused-ring (bicyclic) bond motifs is 1. The molecule has 1 spiro atoms. The van der Waals surface area contributed by atoms with Gasteiger partial charge in [-0.3, -0.25) is 4.79 Å². The van der Waals surface area contributed by atoms with Gasteiger partial charge in [-0.15, -0.1) is 0 Å². The van der Waals surface area contributed by atoms with Crippen LogP contribution in [-0.2, 0) is 9.53 Å². The zero-order chi connectivity index (χ0) is 14.1. The first-order chi connectivity index (χ1) is 8.72. The Morgan fingerprint density at radius 3 is 2.42 bits per heavy atom. The van der Waals surface area contributed by atoms with Crippen molar-refractivity contribution >= 4 is 5.97 Å². The van der Waals surface area contributed by atoms with Crippen LogP contribution in [-0.4, -0.2) is 11.6 Å². The van der Waals surface area contributed by atoms with Gasteiger partial charge in [0.05, 0.1) is 0 Å². The summed E-state index contributed by atoms with van der Waals surface area (Å²) in [6.07, 6.45) is 6.35. The van der Waals surface area contributed by atoms with Crippen LogP contribution in [0.2, 0.25) is 0 Å². The molecule has 3 rings (SSSR count). The van der Waals surface area contributed by atoms with Gasteiger partial charge in [0.2, 0.25) is 0 Å². The summed E-state index contributed by atoms with van der Waals surface area (Å²) >= 11 is 0. The molecule has 0 amide bonds. The summed E-state index contributed by atoms with van der Waals surface area (Å²) in [7, 11) is 0. The second kappa shape index (κ2) is 3.77. The third kappa shape index (κ3) is 1.58. The molecule has 0 aromatic rings. The molecule has 3 aliphatic rings. The summed E-state index contributed by atoms with van der Waals surface area (Å²) in [6, 6.07) is 0. The molecule has 108 valence electrons. The van der Waals surface area contributed by atoms with Gasteiger partial charge in [-0.25, -0.2) is 0 Å². The van der Waals surface area contributed by atoms with Crippen LogP contribution in [0.25, 0.3) is 0 Å². The first kappa shape index (κ1) is 13.5. The van der Waals surface area contributed by atoms with E-state index in [1.807, 2.05) is 0 Å². The van der Waals surface area contributed by atoms with E-state index in [-0.39, 0.29) is 11.6 Å².